The lowest BCUT2D eigenvalue weighted by atomic mass is 9.92. The van der Waals surface area contributed by atoms with Crippen molar-refractivity contribution in [1.29, 1.82) is 0 Å². The number of rotatable bonds is 2. The minimum absolute atomic E-state index is 0.230. The second-order valence-electron chi connectivity index (χ2n) is 9.14. The molecule has 4 aromatic rings. The summed E-state index contributed by atoms with van der Waals surface area (Å²) in [5, 5.41) is 9.75. The minimum atomic E-state index is -0.471. The summed E-state index contributed by atoms with van der Waals surface area (Å²) in [6, 6.07) is 6.67. The number of anilines is 1. The Morgan fingerprint density at radius 3 is 2.76 bits per heavy atom. The van der Waals surface area contributed by atoms with E-state index in [1.54, 1.807) is 12.3 Å². The van der Waals surface area contributed by atoms with E-state index in [4.69, 9.17) is 20.7 Å². The zero-order valence-electron chi connectivity index (χ0n) is 20.1. The third-order valence-electron chi connectivity index (χ3n) is 6.37. The van der Waals surface area contributed by atoms with Gasteiger partial charge in [0.2, 0.25) is 0 Å². The third-order valence-corrected chi connectivity index (χ3v) is 6.37. The topological polar surface area (TPSA) is 83.8 Å². The third kappa shape index (κ3) is 3.63. The summed E-state index contributed by atoms with van der Waals surface area (Å²) in [6.45, 7) is 8.99. The van der Waals surface area contributed by atoms with Crippen molar-refractivity contribution in [1.82, 2.24) is 24.5 Å². The van der Waals surface area contributed by atoms with E-state index < -0.39 is 6.10 Å². The van der Waals surface area contributed by atoms with Crippen LogP contribution in [0.5, 0.6) is 5.75 Å². The van der Waals surface area contributed by atoms with Gasteiger partial charge in [0.15, 0.2) is 11.6 Å². The summed E-state index contributed by atoms with van der Waals surface area (Å²) in [5.41, 5.74) is 13.7. The van der Waals surface area contributed by atoms with Crippen molar-refractivity contribution < 1.29 is 9.13 Å². The Kier molecular flexibility index (Phi) is 5.38. The van der Waals surface area contributed by atoms with Gasteiger partial charge in [-0.15, -0.1) is 0 Å². The molecule has 8 heteroatoms. The maximum atomic E-state index is 14.4. The van der Waals surface area contributed by atoms with Crippen molar-refractivity contribution in [3.8, 4) is 28.3 Å². The molecule has 1 unspecified atom stereocenters. The first-order chi connectivity index (χ1) is 16.3. The Morgan fingerprint density at radius 2 is 2.03 bits per heavy atom. The Labute approximate surface area is 198 Å². The summed E-state index contributed by atoms with van der Waals surface area (Å²) in [5.74, 6) is 0.654. The number of fused-ring (bicyclic) bond motifs is 7. The number of aryl methyl sites for hydroxylation is 2. The van der Waals surface area contributed by atoms with Crippen LogP contribution in [0.2, 0.25) is 0 Å². The van der Waals surface area contributed by atoms with Crippen molar-refractivity contribution in [2.75, 3.05) is 5.73 Å². The Bertz CT molecular complexity index is 1390. The van der Waals surface area contributed by atoms with Gasteiger partial charge in [-0.1, -0.05) is 13.8 Å². The van der Waals surface area contributed by atoms with Gasteiger partial charge in [-0.05, 0) is 44.0 Å². The van der Waals surface area contributed by atoms with Gasteiger partial charge < -0.3 is 10.5 Å². The smallest absolute Gasteiger partial charge is 0.166 e. The van der Waals surface area contributed by atoms with Gasteiger partial charge in [-0.3, -0.25) is 9.36 Å². The van der Waals surface area contributed by atoms with Crippen molar-refractivity contribution in [2.24, 2.45) is 7.05 Å². The fourth-order valence-electron chi connectivity index (χ4n) is 4.81. The van der Waals surface area contributed by atoms with Gasteiger partial charge >= 0.3 is 0 Å². The number of halogens is 1. The highest BCUT2D eigenvalue weighted by Gasteiger charge is 2.27. The Morgan fingerprint density at radius 1 is 1.24 bits per heavy atom. The number of hydrogen-bond acceptors (Lipinski definition) is 5. The van der Waals surface area contributed by atoms with Crippen LogP contribution < -0.4 is 10.5 Å². The highest BCUT2D eigenvalue weighted by molar-refractivity contribution is 5.72. The summed E-state index contributed by atoms with van der Waals surface area (Å²) < 4.78 is 24.5. The number of hydrogen-bond donors (Lipinski definition) is 1. The van der Waals surface area contributed by atoms with Gasteiger partial charge in [0.1, 0.15) is 11.9 Å². The number of nitrogen functional groups attached to an aromatic ring is 1. The summed E-state index contributed by atoms with van der Waals surface area (Å²) in [6.07, 6.45) is 3.97. The molecule has 4 heterocycles. The number of nitrogens with two attached hydrogens (primary N) is 1. The molecule has 1 aliphatic rings. The molecule has 1 aliphatic heterocycles. The van der Waals surface area contributed by atoms with Crippen LogP contribution in [0.1, 0.15) is 62.1 Å². The van der Waals surface area contributed by atoms with E-state index in [0.717, 1.165) is 39.3 Å². The summed E-state index contributed by atoms with van der Waals surface area (Å²) >= 11 is 0. The second-order valence-corrected chi connectivity index (χ2v) is 9.14. The molecule has 34 heavy (non-hydrogen) atoms. The quantitative estimate of drug-likeness (QED) is 0.441. The summed E-state index contributed by atoms with van der Waals surface area (Å²) in [4.78, 5) is 4.43. The Hall–Kier alpha value is -3.68. The molecule has 0 spiro atoms. The van der Waals surface area contributed by atoms with Crippen molar-refractivity contribution in [3.63, 3.8) is 0 Å². The molecular weight excluding hydrogens is 431 g/mol. The van der Waals surface area contributed by atoms with Crippen LogP contribution in [-0.2, 0) is 20.0 Å². The van der Waals surface area contributed by atoms with Crippen molar-refractivity contribution in [3.05, 3.63) is 64.9 Å². The van der Waals surface area contributed by atoms with E-state index in [1.807, 2.05) is 35.6 Å². The second kappa shape index (κ2) is 8.27. The molecule has 0 fully saturated rings. The largest absolute Gasteiger partial charge is 0.482 e. The van der Waals surface area contributed by atoms with Gasteiger partial charge in [0.05, 0.1) is 17.1 Å². The zero-order chi connectivity index (χ0) is 24.1. The fraction of sp³-hybridized carbons (Fsp3) is 0.346. The maximum Gasteiger partial charge on any atom is 0.166 e. The molecule has 0 saturated heterocycles. The highest BCUT2D eigenvalue weighted by atomic mass is 19.1. The van der Waals surface area contributed by atoms with Crippen LogP contribution in [0.25, 0.3) is 22.5 Å². The van der Waals surface area contributed by atoms with Crippen LogP contribution in [0.4, 0.5) is 10.2 Å². The first-order valence-electron chi connectivity index (χ1n) is 11.6. The molecule has 5 rings (SSSR count). The minimum Gasteiger partial charge on any atom is -0.482 e. The van der Waals surface area contributed by atoms with Crippen molar-refractivity contribution >= 4 is 5.82 Å². The standard InChI is InChI=1S/C26H29FN6O/c1-6-33-25-16-10-22(26(28)29-12-16)34-15(4)20-11-18(27)7-8-19(20)24-17(13-32(5)30-24)9-21(25)23(31-33)14(2)3/h7-8,10-15H,6,9H2,1-5H3,(H2,28,29). The first kappa shape index (κ1) is 22.1. The lowest BCUT2D eigenvalue weighted by Gasteiger charge is -2.21. The fourth-order valence-corrected chi connectivity index (χ4v) is 4.81. The number of benzene rings is 1. The molecule has 0 aliphatic carbocycles. The van der Waals surface area contributed by atoms with Crippen LogP contribution >= 0.6 is 0 Å². The van der Waals surface area contributed by atoms with Crippen LogP contribution in [0.15, 0.2) is 36.7 Å². The van der Waals surface area contributed by atoms with E-state index in [1.165, 1.54) is 12.1 Å². The molecule has 2 bridgehead atoms. The average Bonchev–Trinajstić information content (AvgIpc) is 3.35. The first-order valence-corrected chi connectivity index (χ1v) is 11.6. The monoisotopic (exact) mass is 460 g/mol. The number of nitrogens with zero attached hydrogens (tertiary/aromatic N) is 5. The molecule has 176 valence electrons. The van der Waals surface area contributed by atoms with E-state index in [2.05, 4.69) is 25.8 Å². The van der Waals surface area contributed by atoms with Crippen LogP contribution in [0.3, 0.4) is 0 Å². The lowest BCUT2D eigenvalue weighted by Crippen LogP contribution is -2.10. The number of pyridine rings is 1. The van der Waals surface area contributed by atoms with Gasteiger partial charge in [0, 0.05) is 60.2 Å². The van der Waals surface area contributed by atoms with Gasteiger partial charge in [0.25, 0.3) is 0 Å². The zero-order valence-corrected chi connectivity index (χ0v) is 20.1. The average molecular weight is 461 g/mol. The molecule has 0 radical (unpaired) electrons. The van der Waals surface area contributed by atoms with Gasteiger partial charge in [-0.2, -0.15) is 10.2 Å². The van der Waals surface area contributed by atoms with E-state index in [-0.39, 0.29) is 17.6 Å². The maximum absolute atomic E-state index is 14.4. The van der Waals surface area contributed by atoms with Crippen LogP contribution in [-0.4, -0.2) is 24.5 Å². The van der Waals surface area contributed by atoms with E-state index in [0.29, 0.717) is 24.3 Å². The molecule has 1 aromatic carbocycles. The number of ether oxygens (including phenoxy) is 1. The van der Waals surface area contributed by atoms with E-state index in [9.17, 15) is 4.39 Å². The predicted octanol–water partition coefficient (Wildman–Crippen LogP) is 5.25. The molecule has 2 N–H and O–H groups in total. The molecule has 0 amide bonds. The van der Waals surface area contributed by atoms with Crippen molar-refractivity contribution in [2.45, 2.75) is 52.7 Å². The Balaban J connectivity index is 1.85. The van der Waals surface area contributed by atoms with E-state index >= 15 is 0 Å². The molecule has 0 saturated carbocycles. The normalized spacial score (nSPS) is 15.1. The molecule has 1 atom stereocenters. The molecular formula is C26H29FN6O. The predicted molar refractivity (Wildman–Crippen MR) is 130 cm³/mol. The highest BCUT2D eigenvalue weighted by Crippen LogP contribution is 2.40. The molecule has 3 aromatic heterocycles. The number of aromatic nitrogens is 5. The lowest BCUT2D eigenvalue weighted by molar-refractivity contribution is 0.227. The molecule has 7 nitrogen and oxygen atoms in total. The van der Waals surface area contributed by atoms with Crippen LogP contribution in [0, 0.1) is 5.82 Å². The summed E-state index contributed by atoms with van der Waals surface area (Å²) in [7, 11) is 1.90. The van der Waals surface area contributed by atoms with Gasteiger partial charge in [-0.25, -0.2) is 9.37 Å². The SMILES string of the molecule is CCn1nc(C(C)C)c2c1-c1cnc(N)c(c1)OC(C)c1cc(F)ccc1-c1nn(C)cc1C2.